The molecule has 0 radical (unpaired) electrons. The molecule has 0 unspecified atom stereocenters. The minimum absolute atomic E-state index is 0. The van der Waals surface area contributed by atoms with Crippen LogP contribution >= 0.6 is 0 Å². The van der Waals surface area contributed by atoms with Crippen LogP contribution < -0.4 is 0 Å². The van der Waals surface area contributed by atoms with Crippen LogP contribution in [0.15, 0.2) is 23.8 Å². The summed E-state index contributed by atoms with van der Waals surface area (Å²) in [4.78, 5) is 0. The summed E-state index contributed by atoms with van der Waals surface area (Å²) in [5, 5.41) is 0. The van der Waals surface area contributed by atoms with Crippen molar-refractivity contribution in [3.05, 3.63) is 23.8 Å². The topological polar surface area (TPSA) is 0 Å². The Labute approximate surface area is 65.7 Å². The Bertz CT molecular complexity index is 107. The zero-order chi connectivity index (χ0) is 7.11. The molecular weight excluding hydrogens is 120 g/mol. The van der Waals surface area contributed by atoms with Gasteiger partial charge in [-0.3, -0.25) is 0 Å². The molecule has 0 bridgehead atoms. The maximum Gasteiger partial charge on any atom is -0.0323 e. The molecule has 0 amide bonds. The third kappa shape index (κ3) is 7.48. The van der Waals surface area contributed by atoms with Crippen molar-refractivity contribution in [2.24, 2.45) is 0 Å². The maximum absolute atomic E-state index is 2.20. The Balaban J connectivity index is 0. The standard InChI is InChI=1S/C9H16.CH4/c1-4-6-8-9(3)7-5-2;/h4,6,8H,5,7H2,1-3H3;1H4/b6-4+,9-8-;. The highest BCUT2D eigenvalue weighted by atomic mass is 13.9. The highest BCUT2D eigenvalue weighted by molar-refractivity contribution is 5.09. The van der Waals surface area contributed by atoms with Gasteiger partial charge >= 0.3 is 0 Å². The van der Waals surface area contributed by atoms with Crippen molar-refractivity contribution >= 4 is 0 Å². The van der Waals surface area contributed by atoms with E-state index in [1.807, 2.05) is 6.92 Å². The molecule has 0 aromatic rings. The Morgan fingerprint density at radius 1 is 1.40 bits per heavy atom. The van der Waals surface area contributed by atoms with Gasteiger partial charge in [-0.1, -0.05) is 44.6 Å². The van der Waals surface area contributed by atoms with E-state index in [4.69, 9.17) is 0 Å². The van der Waals surface area contributed by atoms with Crippen LogP contribution in [0.25, 0.3) is 0 Å². The molecule has 0 aromatic carbocycles. The fraction of sp³-hybridized carbons (Fsp3) is 0.600. The molecule has 0 aliphatic carbocycles. The first kappa shape index (κ1) is 12.2. The lowest BCUT2D eigenvalue weighted by Crippen LogP contribution is -1.71. The second-order valence-corrected chi connectivity index (χ2v) is 2.29. The summed E-state index contributed by atoms with van der Waals surface area (Å²) >= 11 is 0. The van der Waals surface area contributed by atoms with Gasteiger partial charge in [0.2, 0.25) is 0 Å². The van der Waals surface area contributed by atoms with Crippen LogP contribution in [-0.2, 0) is 0 Å². The van der Waals surface area contributed by atoms with Gasteiger partial charge < -0.3 is 0 Å². The summed E-state index contributed by atoms with van der Waals surface area (Å²) in [5.41, 5.74) is 1.47. The highest BCUT2D eigenvalue weighted by Gasteiger charge is 1.81. The van der Waals surface area contributed by atoms with Crippen molar-refractivity contribution in [2.45, 2.75) is 41.0 Å². The number of hydrogen-bond donors (Lipinski definition) is 0. The fourth-order valence-corrected chi connectivity index (χ4v) is 0.738. The first-order valence-electron chi connectivity index (χ1n) is 3.59. The van der Waals surface area contributed by atoms with E-state index in [-0.39, 0.29) is 7.43 Å². The Kier molecular flexibility index (Phi) is 10.3. The third-order valence-electron chi connectivity index (χ3n) is 1.22. The van der Waals surface area contributed by atoms with Crippen molar-refractivity contribution in [1.82, 2.24) is 0 Å². The van der Waals surface area contributed by atoms with Crippen LogP contribution in [-0.4, -0.2) is 0 Å². The lowest BCUT2D eigenvalue weighted by molar-refractivity contribution is 0.906. The Morgan fingerprint density at radius 3 is 2.40 bits per heavy atom. The summed E-state index contributed by atoms with van der Waals surface area (Å²) in [7, 11) is 0. The Hall–Kier alpha value is -0.520. The molecule has 0 saturated carbocycles. The molecule has 0 saturated heterocycles. The second kappa shape index (κ2) is 8.48. The van der Waals surface area contributed by atoms with E-state index in [0.717, 1.165) is 0 Å². The van der Waals surface area contributed by atoms with Gasteiger partial charge in [0.05, 0.1) is 0 Å². The minimum atomic E-state index is 0. The van der Waals surface area contributed by atoms with Crippen LogP contribution in [0, 0.1) is 0 Å². The summed E-state index contributed by atoms with van der Waals surface area (Å²) in [5.74, 6) is 0. The molecule has 0 fully saturated rings. The highest BCUT2D eigenvalue weighted by Crippen LogP contribution is 2.02. The van der Waals surface area contributed by atoms with Gasteiger partial charge in [-0.2, -0.15) is 0 Å². The molecule has 0 heterocycles. The van der Waals surface area contributed by atoms with Crippen LogP contribution in [0.5, 0.6) is 0 Å². The summed E-state index contributed by atoms with van der Waals surface area (Å²) in [6.07, 6.45) is 8.79. The molecule has 0 aromatic heterocycles. The first-order chi connectivity index (χ1) is 4.31. The lowest BCUT2D eigenvalue weighted by atomic mass is 10.2. The Morgan fingerprint density at radius 2 is 2.00 bits per heavy atom. The van der Waals surface area contributed by atoms with Crippen LogP contribution in [0.4, 0.5) is 0 Å². The molecule has 0 N–H and O–H groups in total. The van der Waals surface area contributed by atoms with Gasteiger partial charge in [0.1, 0.15) is 0 Å². The largest absolute Gasteiger partial charge is 0.0877 e. The molecule has 0 spiro atoms. The van der Waals surface area contributed by atoms with E-state index >= 15 is 0 Å². The fourth-order valence-electron chi connectivity index (χ4n) is 0.738. The van der Waals surface area contributed by atoms with Crippen LogP contribution in [0.3, 0.4) is 0 Å². The predicted molar refractivity (Wildman–Crippen MR) is 50.2 cm³/mol. The molecule has 0 aliphatic rings. The smallest absolute Gasteiger partial charge is 0.0323 e. The maximum atomic E-state index is 2.20. The summed E-state index contributed by atoms with van der Waals surface area (Å²) in [6.45, 7) is 6.41. The number of rotatable bonds is 3. The quantitative estimate of drug-likeness (QED) is 0.521. The van der Waals surface area contributed by atoms with E-state index in [1.54, 1.807) is 0 Å². The SMILES string of the molecule is C.C/C=C/C=C(/C)CCC. The molecule has 0 heteroatoms. The molecular formula is C10H20. The monoisotopic (exact) mass is 140 g/mol. The number of hydrogen-bond acceptors (Lipinski definition) is 0. The van der Waals surface area contributed by atoms with Gasteiger partial charge in [0.25, 0.3) is 0 Å². The molecule has 60 valence electrons. The minimum Gasteiger partial charge on any atom is -0.0877 e. The first-order valence-corrected chi connectivity index (χ1v) is 3.59. The molecule has 0 rings (SSSR count). The number of allylic oxidation sites excluding steroid dienone is 4. The molecule has 0 nitrogen and oxygen atoms in total. The average molecular weight is 140 g/mol. The van der Waals surface area contributed by atoms with Gasteiger partial charge in [0.15, 0.2) is 0 Å². The van der Waals surface area contributed by atoms with Crippen molar-refractivity contribution in [3.8, 4) is 0 Å². The van der Waals surface area contributed by atoms with E-state index in [2.05, 4.69) is 32.1 Å². The molecule has 0 atom stereocenters. The molecule has 0 aliphatic heterocycles. The van der Waals surface area contributed by atoms with E-state index < -0.39 is 0 Å². The molecule has 10 heavy (non-hydrogen) atoms. The van der Waals surface area contributed by atoms with Crippen molar-refractivity contribution in [2.75, 3.05) is 0 Å². The van der Waals surface area contributed by atoms with Gasteiger partial charge in [-0.15, -0.1) is 0 Å². The van der Waals surface area contributed by atoms with Crippen molar-refractivity contribution in [1.29, 1.82) is 0 Å². The van der Waals surface area contributed by atoms with Gasteiger partial charge in [-0.05, 0) is 20.3 Å². The van der Waals surface area contributed by atoms with E-state index in [0.29, 0.717) is 0 Å². The lowest BCUT2D eigenvalue weighted by Gasteiger charge is -1.92. The van der Waals surface area contributed by atoms with Crippen molar-refractivity contribution < 1.29 is 0 Å². The van der Waals surface area contributed by atoms with E-state index in [9.17, 15) is 0 Å². The van der Waals surface area contributed by atoms with Crippen LogP contribution in [0.2, 0.25) is 0 Å². The summed E-state index contributed by atoms with van der Waals surface area (Å²) in [6, 6.07) is 0. The second-order valence-electron chi connectivity index (χ2n) is 2.29. The summed E-state index contributed by atoms with van der Waals surface area (Å²) < 4.78 is 0. The van der Waals surface area contributed by atoms with Crippen LogP contribution in [0.1, 0.15) is 41.0 Å². The van der Waals surface area contributed by atoms with Gasteiger partial charge in [-0.25, -0.2) is 0 Å². The average Bonchev–Trinajstić information content (AvgIpc) is 1.85. The van der Waals surface area contributed by atoms with E-state index in [1.165, 1.54) is 18.4 Å². The zero-order valence-electron chi connectivity index (χ0n) is 6.65. The van der Waals surface area contributed by atoms with Gasteiger partial charge in [0, 0.05) is 0 Å². The zero-order valence-corrected chi connectivity index (χ0v) is 6.65. The predicted octanol–water partition coefficient (Wildman–Crippen LogP) is 3.95. The third-order valence-corrected chi connectivity index (χ3v) is 1.22. The van der Waals surface area contributed by atoms with Crippen molar-refractivity contribution in [3.63, 3.8) is 0 Å². The normalized spacial score (nSPS) is 11.7.